The standard InChI is InChI=1S/C69H104N14O18/c1-9-82-56(44-50(3)76-82)65(87)74-67-72-54-46-52(63(70)85)48-58(89-8)61(54)80(67)16-11-12-17-81-62-55(73-68(81)75-66(88)57-45-51(4)77-83(57)10-2)47-53(64(71)86)49-59(62)100-23-13-15-78-18-20-79(21-19-78)22-25-91-27-29-93-31-33-95-35-37-97-39-41-99-43-42-98-40-38-96-36-34-94-32-30-92-28-26-90-24-14-60(84)101-69(5,6)7/h11-12,44-49H,9-10,13-43H2,1-8H3,(H2,70,85)(H2,71,86)(H,72,74,87)(H,73,75,88)/b12-11+. The zero-order valence-electron chi connectivity index (χ0n) is 59.9. The molecule has 5 heterocycles. The minimum atomic E-state index is -0.677. The van der Waals surface area contributed by atoms with Crippen LogP contribution in [-0.2, 0) is 83.1 Å². The van der Waals surface area contributed by atoms with E-state index in [0.717, 1.165) is 39.3 Å². The monoisotopic (exact) mass is 1420 g/mol. The summed E-state index contributed by atoms with van der Waals surface area (Å²) < 4.78 is 80.0. The van der Waals surface area contributed by atoms with Crippen LogP contribution in [0.5, 0.6) is 11.5 Å². The first kappa shape index (κ1) is 80.3. The first-order valence-electron chi connectivity index (χ1n) is 34.5. The molecular weight excluding hydrogens is 1310 g/mol. The molecule has 4 aromatic heterocycles. The number of rotatable bonds is 51. The Kier molecular flexibility index (Phi) is 34.3. The summed E-state index contributed by atoms with van der Waals surface area (Å²) in [5, 5.41) is 14.8. The van der Waals surface area contributed by atoms with Gasteiger partial charge in [0.15, 0.2) is 0 Å². The van der Waals surface area contributed by atoms with Crippen LogP contribution < -0.4 is 31.6 Å². The third kappa shape index (κ3) is 27.0. The number of aromatic nitrogens is 8. The molecule has 558 valence electrons. The molecule has 0 radical (unpaired) electrons. The molecule has 6 aromatic rings. The number of nitrogens with zero attached hydrogens (tertiary/aromatic N) is 10. The summed E-state index contributed by atoms with van der Waals surface area (Å²) >= 11 is 0. The molecular formula is C69H104N14O18. The van der Waals surface area contributed by atoms with Crippen molar-refractivity contribution in [1.29, 1.82) is 0 Å². The average Bonchev–Trinajstić information content (AvgIpc) is 1.64. The van der Waals surface area contributed by atoms with Crippen LogP contribution in [-0.4, -0.2) is 269 Å². The first-order chi connectivity index (χ1) is 48.9. The minimum absolute atomic E-state index is 0.143. The van der Waals surface area contributed by atoms with Gasteiger partial charge in [0.25, 0.3) is 11.8 Å². The first-order valence-corrected chi connectivity index (χ1v) is 34.5. The van der Waals surface area contributed by atoms with Crippen LogP contribution in [0.2, 0.25) is 0 Å². The largest absolute Gasteiger partial charge is 0.494 e. The number of imidazole rings is 2. The molecule has 32 nitrogen and oxygen atoms in total. The van der Waals surface area contributed by atoms with Crippen LogP contribution in [0.25, 0.3) is 22.1 Å². The number of carbonyl (C=O) groups is 5. The van der Waals surface area contributed by atoms with Crippen molar-refractivity contribution in [3.63, 3.8) is 0 Å². The average molecular weight is 1420 g/mol. The zero-order chi connectivity index (χ0) is 72.4. The molecule has 0 saturated carbocycles. The number of esters is 1. The predicted octanol–water partition coefficient (Wildman–Crippen LogP) is 4.69. The van der Waals surface area contributed by atoms with E-state index in [4.69, 9.17) is 83.0 Å². The molecule has 0 unspecified atom stereocenters. The van der Waals surface area contributed by atoms with Gasteiger partial charge in [-0.2, -0.15) is 10.2 Å². The summed E-state index contributed by atoms with van der Waals surface area (Å²) in [5.74, 6) is -1.51. The highest BCUT2D eigenvalue weighted by molar-refractivity contribution is 6.05. The van der Waals surface area contributed by atoms with Gasteiger partial charge in [-0.15, -0.1) is 0 Å². The third-order valence-electron chi connectivity index (χ3n) is 15.6. The van der Waals surface area contributed by atoms with Gasteiger partial charge in [-0.1, -0.05) is 12.2 Å². The van der Waals surface area contributed by atoms with Gasteiger partial charge in [0.2, 0.25) is 23.7 Å². The Labute approximate surface area is 589 Å². The van der Waals surface area contributed by atoms with Gasteiger partial charge < -0.3 is 87.1 Å². The molecule has 2 aromatic carbocycles. The van der Waals surface area contributed by atoms with Gasteiger partial charge in [0.1, 0.15) is 39.5 Å². The summed E-state index contributed by atoms with van der Waals surface area (Å²) in [6, 6.07) is 9.62. The number of anilines is 2. The number of allylic oxidation sites excluding steroid dienone is 2. The Balaban J connectivity index is 0.762. The molecule has 32 heteroatoms. The number of methoxy groups -OCH3 is 1. The molecule has 1 saturated heterocycles. The zero-order valence-corrected chi connectivity index (χ0v) is 59.9. The van der Waals surface area contributed by atoms with E-state index in [2.05, 4.69) is 30.6 Å². The Morgan fingerprint density at radius 1 is 0.495 bits per heavy atom. The second-order valence-corrected chi connectivity index (χ2v) is 24.4. The van der Waals surface area contributed by atoms with E-state index in [0.29, 0.717) is 215 Å². The van der Waals surface area contributed by atoms with E-state index >= 15 is 0 Å². The van der Waals surface area contributed by atoms with E-state index in [1.165, 1.54) is 19.2 Å². The molecule has 0 atom stereocenters. The number of fused-ring (bicyclic) bond motifs is 2. The van der Waals surface area contributed by atoms with Gasteiger partial charge in [0.05, 0.1) is 175 Å². The van der Waals surface area contributed by atoms with Crippen LogP contribution in [0.15, 0.2) is 48.6 Å². The lowest BCUT2D eigenvalue weighted by Gasteiger charge is -2.34. The van der Waals surface area contributed by atoms with Crippen molar-refractivity contribution in [2.45, 2.75) is 93.1 Å². The number of carbonyl (C=O) groups excluding carboxylic acids is 5. The maximum atomic E-state index is 14.0. The molecule has 0 spiro atoms. The highest BCUT2D eigenvalue weighted by Gasteiger charge is 2.25. The van der Waals surface area contributed by atoms with E-state index in [1.54, 1.807) is 49.7 Å². The van der Waals surface area contributed by atoms with Crippen LogP contribution in [0.4, 0.5) is 11.9 Å². The van der Waals surface area contributed by atoms with Crippen molar-refractivity contribution >= 4 is 63.6 Å². The lowest BCUT2D eigenvalue weighted by molar-refractivity contribution is -0.156. The number of hydrogen-bond donors (Lipinski definition) is 4. The van der Waals surface area contributed by atoms with E-state index in [9.17, 15) is 24.0 Å². The SMILES string of the molecule is CCn1nc(C)cc1C(=O)Nc1nc2cc(C(N)=O)cc(OC)c2n1C/C=C/Cn1c(NC(=O)c2cc(C)nn2CC)nc2cc(C(N)=O)cc(OCCCN3CCN(CCOCCOCCOCCOCCOCCOCCOCCOCCOCCOCCC(=O)OC(C)(C)C)CC3)c21. The lowest BCUT2D eigenvalue weighted by Crippen LogP contribution is -2.47. The number of nitrogens with two attached hydrogens (primary N) is 2. The molecule has 0 aliphatic carbocycles. The van der Waals surface area contributed by atoms with E-state index in [-0.39, 0.29) is 48.5 Å². The quantitative estimate of drug-likeness (QED) is 0.0229. The summed E-state index contributed by atoms with van der Waals surface area (Å²) in [5.41, 5.74) is 15.2. The van der Waals surface area contributed by atoms with Gasteiger partial charge in [-0.25, -0.2) is 9.97 Å². The number of aryl methyl sites for hydroxylation is 4. The summed E-state index contributed by atoms with van der Waals surface area (Å²) in [6.45, 7) is 28.6. The summed E-state index contributed by atoms with van der Waals surface area (Å²) in [7, 11) is 1.47. The molecule has 7 rings (SSSR count). The fourth-order valence-corrected chi connectivity index (χ4v) is 10.7. The molecule has 101 heavy (non-hydrogen) atoms. The number of nitrogens with one attached hydrogen (secondary N) is 2. The van der Waals surface area contributed by atoms with Crippen molar-refractivity contribution in [1.82, 2.24) is 48.5 Å². The van der Waals surface area contributed by atoms with Crippen molar-refractivity contribution < 1.29 is 85.6 Å². The topological polar surface area (TPSA) is 359 Å². The van der Waals surface area contributed by atoms with Gasteiger partial charge in [-0.3, -0.25) is 48.9 Å². The Bertz CT molecular complexity index is 3570. The number of hydrogen-bond acceptors (Lipinski definition) is 24. The second kappa shape index (κ2) is 43.1. The predicted molar refractivity (Wildman–Crippen MR) is 375 cm³/mol. The Morgan fingerprint density at radius 3 is 1.24 bits per heavy atom. The molecule has 4 amide bonds. The third-order valence-corrected chi connectivity index (χ3v) is 15.6. The van der Waals surface area contributed by atoms with Gasteiger partial charge in [-0.05, 0) is 91.3 Å². The van der Waals surface area contributed by atoms with Gasteiger partial charge >= 0.3 is 5.97 Å². The smallest absolute Gasteiger partial charge is 0.308 e. The lowest BCUT2D eigenvalue weighted by atomic mass is 10.1. The molecule has 1 aliphatic heterocycles. The van der Waals surface area contributed by atoms with Gasteiger partial charge in [0, 0.05) is 76.6 Å². The summed E-state index contributed by atoms with van der Waals surface area (Å²) in [4.78, 5) is 79.1. The molecule has 6 N–H and O–H groups in total. The number of ether oxygens (including phenoxy) is 13. The van der Waals surface area contributed by atoms with E-state index in [1.807, 2.05) is 53.7 Å². The van der Waals surface area contributed by atoms with Crippen LogP contribution in [0.3, 0.4) is 0 Å². The highest BCUT2D eigenvalue weighted by Crippen LogP contribution is 2.33. The number of amides is 4. The van der Waals surface area contributed by atoms with Crippen molar-refractivity contribution in [3.05, 3.63) is 82.5 Å². The number of piperazine rings is 1. The normalized spacial score (nSPS) is 13.1. The van der Waals surface area contributed by atoms with Crippen LogP contribution in [0, 0.1) is 13.8 Å². The fraction of sp³-hybridized carbons (Fsp3) is 0.609. The summed E-state index contributed by atoms with van der Waals surface area (Å²) in [6.07, 6.45) is 4.61. The Morgan fingerprint density at radius 2 is 0.861 bits per heavy atom. The maximum absolute atomic E-state index is 14.0. The van der Waals surface area contributed by atoms with Crippen LogP contribution in [0.1, 0.15) is 101 Å². The van der Waals surface area contributed by atoms with Crippen LogP contribution >= 0.6 is 0 Å². The fourth-order valence-electron chi connectivity index (χ4n) is 10.7. The highest BCUT2D eigenvalue weighted by atomic mass is 16.6. The van der Waals surface area contributed by atoms with E-state index < -0.39 is 29.2 Å². The van der Waals surface area contributed by atoms with Crippen molar-refractivity contribution in [2.24, 2.45) is 11.5 Å². The number of primary amides is 2. The van der Waals surface area contributed by atoms with Crippen molar-refractivity contribution in [2.75, 3.05) is 196 Å². The molecule has 1 fully saturated rings. The maximum Gasteiger partial charge on any atom is 0.308 e. The second-order valence-electron chi connectivity index (χ2n) is 24.4. The molecule has 0 bridgehead atoms. The molecule has 1 aliphatic rings. The Hall–Kier alpha value is -7.99. The van der Waals surface area contributed by atoms with Crippen molar-refractivity contribution in [3.8, 4) is 11.5 Å². The number of benzene rings is 2. The minimum Gasteiger partial charge on any atom is -0.494 e.